The van der Waals surface area contributed by atoms with Gasteiger partial charge in [0.15, 0.2) is 0 Å². The molecular formula is C23H48O8. The molecule has 0 saturated heterocycles. The molecular weight excluding hydrogens is 404 g/mol. The highest BCUT2D eigenvalue weighted by Crippen LogP contribution is 2.34. The maximum Gasteiger partial charge on any atom is 0.0802 e. The Balaban J connectivity index is 5.28. The Kier molecular flexibility index (Phi) is 19.0. The van der Waals surface area contributed by atoms with Crippen molar-refractivity contribution in [2.24, 2.45) is 23.7 Å². The van der Waals surface area contributed by atoms with E-state index in [0.717, 1.165) is 12.8 Å². The Bertz CT molecular complexity index is 396. The van der Waals surface area contributed by atoms with E-state index >= 15 is 0 Å². The maximum absolute atomic E-state index is 10.5. The van der Waals surface area contributed by atoms with Crippen LogP contribution in [0.15, 0.2) is 0 Å². The summed E-state index contributed by atoms with van der Waals surface area (Å²) in [5.74, 6) is -0.808. The van der Waals surface area contributed by atoms with Crippen LogP contribution in [0.1, 0.15) is 71.1 Å². The van der Waals surface area contributed by atoms with Crippen molar-refractivity contribution in [2.75, 3.05) is 33.0 Å². The van der Waals surface area contributed by atoms with Crippen molar-refractivity contribution in [2.45, 2.75) is 89.4 Å². The Morgan fingerprint density at radius 2 is 1.23 bits per heavy atom. The lowest BCUT2D eigenvalue weighted by Gasteiger charge is -2.34. The molecule has 188 valence electrons. The third-order valence-electron chi connectivity index (χ3n) is 6.34. The third-order valence-corrected chi connectivity index (χ3v) is 6.34. The van der Waals surface area contributed by atoms with Crippen LogP contribution in [-0.4, -0.2) is 92.2 Å². The molecule has 0 saturated carbocycles. The summed E-state index contributed by atoms with van der Waals surface area (Å²) in [6.07, 6.45) is 3.65. The Morgan fingerprint density at radius 3 is 1.74 bits per heavy atom. The van der Waals surface area contributed by atoms with Gasteiger partial charge in [0, 0.05) is 26.4 Å². The molecule has 0 aliphatic rings. The van der Waals surface area contributed by atoms with Gasteiger partial charge >= 0.3 is 0 Å². The minimum absolute atomic E-state index is 0.0280. The van der Waals surface area contributed by atoms with Gasteiger partial charge in [0.05, 0.1) is 24.9 Å². The van der Waals surface area contributed by atoms with Crippen molar-refractivity contribution in [3.63, 3.8) is 0 Å². The third kappa shape index (κ3) is 14.4. The molecule has 0 radical (unpaired) electrons. The highest BCUT2D eigenvalue weighted by molar-refractivity contribution is 4.82. The summed E-state index contributed by atoms with van der Waals surface area (Å²) in [7, 11) is 0. The van der Waals surface area contributed by atoms with E-state index in [0.29, 0.717) is 51.4 Å². The SMILES string of the molecule is CC(O)CCC(O)CC(CCCCO)CC(C(O)CO)C(CO)CC(CO)CCCO. The van der Waals surface area contributed by atoms with Gasteiger partial charge in [0.1, 0.15) is 0 Å². The molecule has 7 unspecified atom stereocenters. The minimum Gasteiger partial charge on any atom is -0.396 e. The molecule has 0 aliphatic carbocycles. The molecule has 0 bridgehead atoms. The predicted octanol–water partition coefficient (Wildman–Crippen LogP) is 0.416. The Labute approximate surface area is 187 Å². The molecule has 8 heteroatoms. The molecule has 8 N–H and O–H groups in total. The van der Waals surface area contributed by atoms with Crippen LogP contribution in [0.25, 0.3) is 0 Å². The monoisotopic (exact) mass is 452 g/mol. The highest BCUT2D eigenvalue weighted by Gasteiger charge is 2.32. The largest absolute Gasteiger partial charge is 0.396 e. The quantitative estimate of drug-likeness (QED) is 0.116. The molecule has 7 atom stereocenters. The zero-order chi connectivity index (χ0) is 23.6. The average molecular weight is 453 g/mol. The van der Waals surface area contributed by atoms with Crippen molar-refractivity contribution in [1.29, 1.82) is 0 Å². The molecule has 0 amide bonds. The fraction of sp³-hybridized carbons (Fsp3) is 1.00. The van der Waals surface area contributed by atoms with Crippen LogP contribution >= 0.6 is 0 Å². The predicted molar refractivity (Wildman–Crippen MR) is 119 cm³/mol. The Morgan fingerprint density at radius 1 is 0.581 bits per heavy atom. The zero-order valence-corrected chi connectivity index (χ0v) is 19.2. The van der Waals surface area contributed by atoms with Gasteiger partial charge < -0.3 is 40.9 Å². The van der Waals surface area contributed by atoms with Crippen LogP contribution < -0.4 is 0 Å². The molecule has 0 rings (SSSR count). The molecule has 31 heavy (non-hydrogen) atoms. The van der Waals surface area contributed by atoms with E-state index in [-0.39, 0.29) is 44.2 Å². The second kappa shape index (κ2) is 19.2. The van der Waals surface area contributed by atoms with E-state index in [2.05, 4.69) is 0 Å². The van der Waals surface area contributed by atoms with Gasteiger partial charge in [-0.05, 0) is 82.0 Å². The second-order valence-electron chi connectivity index (χ2n) is 9.14. The lowest BCUT2D eigenvalue weighted by molar-refractivity contribution is -0.0160. The molecule has 0 spiro atoms. The summed E-state index contributed by atoms with van der Waals surface area (Å²) in [6.45, 7) is 1.10. The average Bonchev–Trinajstić information content (AvgIpc) is 2.76. The van der Waals surface area contributed by atoms with Gasteiger partial charge in [-0.1, -0.05) is 12.8 Å². The van der Waals surface area contributed by atoms with E-state index in [1.54, 1.807) is 6.92 Å². The van der Waals surface area contributed by atoms with Gasteiger partial charge in [0.2, 0.25) is 0 Å². The second-order valence-corrected chi connectivity index (χ2v) is 9.14. The molecule has 0 fully saturated rings. The van der Waals surface area contributed by atoms with Crippen LogP contribution in [0.3, 0.4) is 0 Å². The number of rotatable bonds is 21. The van der Waals surface area contributed by atoms with E-state index in [1.165, 1.54) is 0 Å². The van der Waals surface area contributed by atoms with E-state index in [9.17, 15) is 30.6 Å². The van der Waals surface area contributed by atoms with Crippen LogP contribution in [0.4, 0.5) is 0 Å². The van der Waals surface area contributed by atoms with Crippen LogP contribution in [0.5, 0.6) is 0 Å². The minimum atomic E-state index is -1.02. The molecule has 0 heterocycles. The lowest BCUT2D eigenvalue weighted by Crippen LogP contribution is -2.36. The van der Waals surface area contributed by atoms with Crippen molar-refractivity contribution in [3.8, 4) is 0 Å². The molecule has 0 aromatic carbocycles. The summed E-state index contributed by atoms with van der Waals surface area (Å²) in [6, 6.07) is 0. The zero-order valence-electron chi connectivity index (χ0n) is 19.2. The summed E-state index contributed by atoms with van der Waals surface area (Å²) >= 11 is 0. The standard InChI is InChI=1S/C23H48O8/c1-17(29)7-8-21(30)12-18(5-2-3-9-24)13-22(23(31)16-28)20(15-27)11-19(14-26)6-4-10-25/h17-31H,2-16H2,1H3. The van der Waals surface area contributed by atoms with Crippen molar-refractivity contribution in [3.05, 3.63) is 0 Å². The van der Waals surface area contributed by atoms with E-state index < -0.39 is 30.8 Å². The fourth-order valence-electron chi connectivity index (χ4n) is 4.47. The van der Waals surface area contributed by atoms with E-state index in [1.807, 2.05) is 0 Å². The first-order valence-electron chi connectivity index (χ1n) is 11.9. The molecule has 0 aromatic rings. The molecule has 0 aliphatic heterocycles. The summed E-state index contributed by atoms with van der Waals surface area (Å²) in [5, 5.41) is 77.9. The van der Waals surface area contributed by atoms with Gasteiger partial charge in [-0.3, -0.25) is 0 Å². The lowest BCUT2D eigenvalue weighted by atomic mass is 9.74. The van der Waals surface area contributed by atoms with Crippen LogP contribution in [0.2, 0.25) is 0 Å². The van der Waals surface area contributed by atoms with Crippen molar-refractivity contribution < 1.29 is 40.9 Å². The summed E-state index contributed by atoms with van der Waals surface area (Å²) in [4.78, 5) is 0. The maximum atomic E-state index is 10.5. The summed E-state index contributed by atoms with van der Waals surface area (Å²) in [5.41, 5.74) is 0. The van der Waals surface area contributed by atoms with Crippen molar-refractivity contribution in [1.82, 2.24) is 0 Å². The fourth-order valence-corrected chi connectivity index (χ4v) is 4.47. The number of unbranched alkanes of at least 4 members (excludes halogenated alkanes) is 1. The van der Waals surface area contributed by atoms with Crippen LogP contribution in [-0.2, 0) is 0 Å². The van der Waals surface area contributed by atoms with Gasteiger partial charge in [-0.25, -0.2) is 0 Å². The highest BCUT2D eigenvalue weighted by atomic mass is 16.3. The first-order valence-corrected chi connectivity index (χ1v) is 11.9. The molecule has 0 aromatic heterocycles. The number of aliphatic hydroxyl groups is 8. The molecule has 8 nitrogen and oxygen atoms in total. The topological polar surface area (TPSA) is 162 Å². The normalized spacial score (nSPS) is 18.9. The van der Waals surface area contributed by atoms with Gasteiger partial charge in [-0.2, -0.15) is 0 Å². The van der Waals surface area contributed by atoms with Crippen molar-refractivity contribution >= 4 is 0 Å². The number of aliphatic hydroxyl groups excluding tert-OH is 8. The summed E-state index contributed by atoms with van der Waals surface area (Å²) < 4.78 is 0. The first kappa shape index (κ1) is 30.7. The Hall–Kier alpha value is -0.320. The van der Waals surface area contributed by atoms with E-state index in [4.69, 9.17) is 10.2 Å². The van der Waals surface area contributed by atoms with Crippen LogP contribution in [0, 0.1) is 23.7 Å². The smallest absolute Gasteiger partial charge is 0.0802 e. The first-order chi connectivity index (χ1) is 14.8. The van der Waals surface area contributed by atoms with Gasteiger partial charge in [0.25, 0.3) is 0 Å². The van der Waals surface area contributed by atoms with Gasteiger partial charge in [-0.15, -0.1) is 0 Å². The number of hydrogen-bond donors (Lipinski definition) is 8. The number of hydrogen-bond acceptors (Lipinski definition) is 8.